The highest BCUT2D eigenvalue weighted by atomic mass is 16.3. The summed E-state index contributed by atoms with van der Waals surface area (Å²) in [7, 11) is 0. The Morgan fingerprint density at radius 3 is 1.47 bits per heavy atom. The third-order valence-corrected chi connectivity index (χ3v) is 8.53. The van der Waals surface area contributed by atoms with E-state index in [4.69, 9.17) is 24.4 Å². The Kier molecular flexibility index (Phi) is 6.39. The Morgan fingerprint density at radius 2 is 0.851 bits per heavy atom. The summed E-state index contributed by atoms with van der Waals surface area (Å²) in [5, 5.41) is 3.10. The van der Waals surface area contributed by atoms with Gasteiger partial charge in [-0.25, -0.2) is 19.9 Å². The first-order valence-electron chi connectivity index (χ1n) is 15.6. The van der Waals surface area contributed by atoms with Crippen molar-refractivity contribution in [3.63, 3.8) is 0 Å². The van der Waals surface area contributed by atoms with Crippen LogP contribution in [0.2, 0.25) is 0 Å². The van der Waals surface area contributed by atoms with E-state index < -0.39 is 0 Å². The highest BCUT2D eigenvalue weighted by molar-refractivity contribution is 6.19. The Morgan fingerprint density at radius 1 is 0.362 bits per heavy atom. The van der Waals surface area contributed by atoms with Gasteiger partial charge in [-0.1, -0.05) is 140 Å². The van der Waals surface area contributed by atoms with Crippen LogP contribution in [0.25, 0.3) is 89.4 Å². The molecular formula is C42H26N4O. The molecule has 220 valence electrons. The molecule has 5 heteroatoms. The molecule has 0 saturated carbocycles. The summed E-state index contributed by atoms with van der Waals surface area (Å²) < 4.78 is 6.46. The number of pyridine rings is 1. The highest BCUT2D eigenvalue weighted by Crippen LogP contribution is 2.40. The second-order valence-electron chi connectivity index (χ2n) is 11.5. The Balaban J connectivity index is 1.15. The van der Waals surface area contributed by atoms with Gasteiger partial charge in [0.15, 0.2) is 17.5 Å². The first-order valence-corrected chi connectivity index (χ1v) is 15.6. The second-order valence-corrected chi connectivity index (χ2v) is 11.5. The molecule has 0 N–H and O–H groups in total. The molecule has 6 aromatic carbocycles. The third kappa shape index (κ3) is 4.82. The normalized spacial score (nSPS) is 11.4. The number of aromatic nitrogens is 4. The van der Waals surface area contributed by atoms with E-state index in [1.165, 1.54) is 0 Å². The van der Waals surface area contributed by atoms with E-state index in [0.717, 1.165) is 71.9 Å². The molecule has 47 heavy (non-hydrogen) atoms. The molecule has 5 nitrogen and oxygen atoms in total. The van der Waals surface area contributed by atoms with Crippen molar-refractivity contribution in [2.24, 2.45) is 0 Å². The van der Waals surface area contributed by atoms with Crippen LogP contribution in [0.4, 0.5) is 0 Å². The van der Waals surface area contributed by atoms with Gasteiger partial charge in [-0.05, 0) is 29.3 Å². The minimum Gasteiger partial charge on any atom is -0.455 e. The molecule has 0 unspecified atom stereocenters. The fraction of sp³-hybridized carbons (Fsp3) is 0. The lowest BCUT2D eigenvalue weighted by atomic mass is 9.99. The average molecular weight is 603 g/mol. The molecule has 9 rings (SSSR count). The van der Waals surface area contributed by atoms with E-state index >= 15 is 0 Å². The number of para-hydroxylation sites is 1. The van der Waals surface area contributed by atoms with Crippen LogP contribution in [0, 0.1) is 0 Å². The Labute approximate surface area is 270 Å². The maximum Gasteiger partial charge on any atom is 0.164 e. The number of nitrogens with zero attached hydrogens (tertiary/aromatic N) is 4. The Hall–Kier alpha value is -6.46. The van der Waals surface area contributed by atoms with Crippen molar-refractivity contribution in [1.82, 2.24) is 19.9 Å². The average Bonchev–Trinajstić information content (AvgIpc) is 3.55. The molecule has 0 bridgehead atoms. The van der Waals surface area contributed by atoms with Crippen molar-refractivity contribution in [2.45, 2.75) is 0 Å². The van der Waals surface area contributed by atoms with E-state index in [1.54, 1.807) is 0 Å². The quantitative estimate of drug-likeness (QED) is 0.196. The minimum absolute atomic E-state index is 0.629. The zero-order chi connectivity index (χ0) is 31.2. The van der Waals surface area contributed by atoms with E-state index in [-0.39, 0.29) is 0 Å². The molecule has 0 radical (unpaired) electrons. The smallest absolute Gasteiger partial charge is 0.164 e. The first kappa shape index (κ1) is 26.9. The first-order chi connectivity index (χ1) is 23.3. The lowest BCUT2D eigenvalue weighted by Gasteiger charge is -2.10. The molecular weight excluding hydrogens is 576 g/mol. The van der Waals surface area contributed by atoms with E-state index in [2.05, 4.69) is 60.7 Å². The predicted molar refractivity (Wildman–Crippen MR) is 190 cm³/mol. The highest BCUT2D eigenvalue weighted by Gasteiger charge is 2.18. The molecule has 0 aliphatic rings. The molecule has 0 atom stereocenters. The third-order valence-electron chi connectivity index (χ3n) is 8.53. The fourth-order valence-corrected chi connectivity index (χ4v) is 6.20. The standard InChI is InChI=1S/C42H26N4O/c1-4-12-28(13-5-1)38-37-34-18-10-11-19-36(34)47-39(37)33-25-24-32(26-35(33)43-38)27-20-22-31(23-21-27)42-45-40(29-14-6-2-7-15-29)44-41(46-42)30-16-8-3-9-17-30/h1-26H. The van der Waals surface area contributed by atoms with Crippen molar-refractivity contribution in [3.8, 4) is 56.5 Å². The van der Waals surface area contributed by atoms with Gasteiger partial charge in [0.25, 0.3) is 0 Å². The van der Waals surface area contributed by atoms with Crippen LogP contribution in [0.15, 0.2) is 162 Å². The van der Waals surface area contributed by atoms with Crippen LogP contribution in [0.5, 0.6) is 0 Å². The Bertz CT molecular complexity index is 2490. The lowest BCUT2D eigenvalue weighted by molar-refractivity contribution is 0.672. The van der Waals surface area contributed by atoms with Gasteiger partial charge in [0.1, 0.15) is 11.2 Å². The van der Waals surface area contributed by atoms with Gasteiger partial charge in [0.05, 0.1) is 16.6 Å². The second kappa shape index (κ2) is 11.2. The number of furan rings is 1. The lowest BCUT2D eigenvalue weighted by Crippen LogP contribution is -2.00. The molecule has 0 aliphatic heterocycles. The number of hydrogen-bond donors (Lipinski definition) is 0. The molecule has 0 amide bonds. The number of hydrogen-bond acceptors (Lipinski definition) is 5. The van der Waals surface area contributed by atoms with E-state index in [9.17, 15) is 0 Å². The summed E-state index contributed by atoms with van der Waals surface area (Å²) in [5.74, 6) is 1.92. The van der Waals surface area contributed by atoms with Crippen molar-refractivity contribution < 1.29 is 4.42 Å². The van der Waals surface area contributed by atoms with Gasteiger partial charge in [-0.15, -0.1) is 0 Å². The van der Waals surface area contributed by atoms with Crippen molar-refractivity contribution in [2.75, 3.05) is 0 Å². The summed E-state index contributed by atoms with van der Waals surface area (Å²) in [6.07, 6.45) is 0. The van der Waals surface area contributed by atoms with Gasteiger partial charge < -0.3 is 4.42 Å². The largest absolute Gasteiger partial charge is 0.455 e. The summed E-state index contributed by atoms with van der Waals surface area (Å²) in [6.45, 7) is 0. The SMILES string of the molecule is c1ccc(-c2nc(-c3ccccc3)nc(-c3ccc(-c4ccc5c(c4)nc(-c4ccccc4)c4c6ccccc6oc54)cc3)n2)cc1. The molecule has 9 aromatic rings. The topological polar surface area (TPSA) is 64.7 Å². The molecule has 3 heterocycles. The van der Waals surface area contributed by atoms with Crippen LogP contribution in [-0.2, 0) is 0 Å². The summed E-state index contributed by atoms with van der Waals surface area (Å²) in [5.41, 5.74) is 9.53. The van der Waals surface area contributed by atoms with E-state index in [1.807, 2.05) is 97.1 Å². The van der Waals surface area contributed by atoms with E-state index in [0.29, 0.717) is 17.5 Å². The molecule has 3 aromatic heterocycles. The van der Waals surface area contributed by atoms with Crippen molar-refractivity contribution >= 4 is 32.8 Å². The molecule has 0 spiro atoms. The molecule has 0 saturated heterocycles. The predicted octanol–water partition coefficient (Wildman–Crippen LogP) is 10.7. The monoisotopic (exact) mass is 602 g/mol. The van der Waals surface area contributed by atoms with Crippen molar-refractivity contribution in [3.05, 3.63) is 158 Å². The maximum absolute atomic E-state index is 6.46. The summed E-state index contributed by atoms with van der Waals surface area (Å²) >= 11 is 0. The van der Waals surface area contributed by atoms with Gasteiger partial charge in [-0.3, -0.25) is 0 Å². The zero-order valence-corrected chi connectivity index (χ0v) is 25.2. The molecule has 0 aliphatic carbocycles. The zero-order valence-electron chi connectivity index (χ0n) is 25.2. The van der Waals surface area contributed by atoms with Crippen LogP contribution in [0.3, 0.4) is 0 Å². The van der Waals surface area contributed by atoms with Crippen LogP contribution >= 0.6 is 0 Å². The summed E-state index contributed by atoms with van der Waals surface area (Å²) in [6, 6.07) is 53.3. The van der Waals surface area contributed by atoms with Crippen LogP contribution < -0.4 is 0 Å². The van der Waals surface area contributed by atoms with Gasteiger partial charge in [-0.2, -0.15) is 0 Å². The molecule has 0 fully saturated rings. The number of rotatable bonds is 5. The van der Waals surface area contributed by atoms with Gasteiger partial charge in [0.2, 0.25) is 0 Å². The maximum atomic E-state index is 6.46. The number of fused-ring (bicyclic) bond motifs is 5. The van der Waals surface area contributed by atoms with Gasteiger partial charge in [0, 0.05) is 33.0 Å². The van der Waals surface area contributed by atoms with Gasteiger partial charge >= 0.3 is 0 Å². The fourth-order valence-electron chi connectivity index (χ4n) is 6.20. The van der Waals surface area contributed by atoms with Crippen LogP contribution in [-0.4, -0.2) is 19.9 Å². The minimum atomic E-state index is 0.629. The van der Waals surface area contributed by atoms with Crippen LogP contribution in [0.1, 0.15) is 0 Å². The number of benzene rings is 6. The summed E-state index contributed by atoms with van der Waals surface area (Å²) in [4.78, 5) is 19.8. The van der Waals surface area contributed by atoms with Crippen molar-refractivity contribution in [1.29, 1.82) is 0 Å².